The van der Waals surface area contributed by atoms with Gasteiger partial charge in [-0.3, -0.25) is 14.9 Å². The molecule has 0 spiro atoms. The van der Waals surface area contributed by atoms with Gasteiger partial charge in [-0.15, -0.1) is 0 Å². The third-order valence-corrected chi connectivity index (χ3v) is 4.56. The molecule has 0 saturated heterocycles. The molecule has 1 aliphatic carbocycles. The van der Waals surface area contributed by atoms with Gasteiger partial charge in [0.05, 0.1) is 12.2 Å². The van der Waals surface area contributed by atoms with Crippen molar-refractivity contribution in [1.29, 1.82) is 0 Å². The van der Waals surface area contributed by atoms with Crippen molar-refractivity contribution in [2.75, 3.05) is 0 Å². The maximum absolute atomic E-state index is 11.6. The molecule has 2 atom stereocenters. The Kier molecular flexibility index (Phi) is 4.92. The second-order valence-electron chi connectivity index (χ2n) is 6.27. The Labute approximate surface area is 140 Å². The maximum atomic E-state index is 11.6. The molecule has 2 aliphatic rings. The number of aliphatic hydroxyl groups is 2. The van der Waals surface area contributed by atoms with Gasteiger partial charge in [0.1, 0.15) is 0 Å². The first-order valence-electron chi connectivity index (χ1n) is 8.31. The molecule has 4 rings (SSSR count). The van der Waals surface area contributed by atoms with Gasteiger partial charge in [-0.25, -0.2) is 0 Å². The lowest BCUT2D eigenvalue weighted by Gasteiger charge is -2.15. The summed E-state index contributed by atoms with van der Waals surface area (Å²) in [5.74, 6) is -0.631. The molecule has 1 aliphatic heterocycles. The third-order valence-electron chi connectivity index (χ3n) is 4.56. The zero-order valence-electron chi connectivity index (χ0n) is 13.4. The molecule has 2 amide bonds. The first-order valence-corrected chi connectivity index (χ1v) is 8.31. The van der Waals surface area contributed by atoms with Gasteiger partial charge in [0.2, 0.25) is 0 Å². The second kappa shape index (κ2) is 7.11. The van der Waals surface area contributed by atoms with Gasteiger partial charge in [0.25, 0.3) is 11.8 Å². The Balaban J connectivity index is 0.000000162. The number of nitrogens with one attached hydrogen (secondary N) is 1. The topological polar surface area (TPSA) is 86.6 Å². The minimum Gasteiger partial charge on any atom is -0.390 e. The van der Waals surface area contributed by atoms with Crippen LogP contribution in [0, 0.1) is 0 Å². The molecule has 2 aromatic rings. The molecule has 0 bridgehead atoms. The summed E-state index contributed by atoms with van der Waals surface area (Å²) in [5, 5.41) is 22.2. The van der Waals surface area contributed by atoms with E-state index in [2.05, 4.69) is 5.32 Å². The van der Waals surface area contributed by atoms with Crippen LogP contribution < -0.4 is 5.32 Å². The number of carbonyl (C=O) groups is 2. The van der Waals surface area contributed by atoms with E-state index in [1.165, 1.54) is 0 Å². The van der Waals surface area contributed by atoms with Gasteiger partial charge in [0, 0.05) is 16.5 Å². The van der Waals surface area contributed by atoms with Crippen LogP contribution in [0.1, 0.15) is 52.8 Å². The SMILES string of the molecule is O=C1NC(=O)c2cccc3cccc1c23.O[C@@H]1CCCCC[C@@H]1O. The van der Waals surface area contributed by atoms with Crippen LogP contribution in [0.2, 0.25) is 0 Å². The number of imide groups is 1. The highest BCUT2D eigenvalue weighted by Gasteiger charge is 2.23. The molecule has 2 aromatic carbocycles. The molecule has 1 saturated carbocycles. The van der Waals surface area contributed by atoms with Gasteiger partial charge in [-0.05, 0) is 30.4 Å². The van der Waals surface area contributed by atoms with E-state index in [1.54, 1.807) is 12.1 Å². The number of rotatable bonds is 0. The van der Waals surface area contributed by atoms with Gasteiger partial charge >= 0.3 is 0 Å². The van der Waals surface area contributed by atoms with Crippen LogP contribution in [-0.4, -0.2) is 34.2 Å². The average Bonchev–Trinajstić information content (AvgIpc) is 2.77. The number of hydrogen-bond acceptors (Lipinski definition) is 4. The van der Waals surface area contributed by atoms with Gasteiger partial charge < -0.3 is 10.2 Å². The Bertz CT molecular complexity index is 712. The van der Waals surface area contributed by atoms with Crippen molar-refractivity contribution in [2.45, 2.75) is 44.3 Å². The Morgan fingerprint density at radius 2 is 1.29 bits per heavy atom. The van der Waals surface area contributed by atoms with E-state index in [0.29, 0.717) is 11.1 Å². The van der Waals surface area contributed by atoms with E-state index in [1.807, 2.05) is 24.3 Å². The molecule has 0 unspecified atom stereocenters. The second-order valence-corrected chi connectivity index (χ2v) is 6.27. The summed E-state index contributed by atoms with van der Waals surface area (Å²) in [7, 11) is 0. The lowest BCUT2D eigenvalue weighted by Crippen LogP contribution is -2.34. The third kappa shape index (κ3) is 3.32. The maximum Gasteiger partial charge on any atom is 0.258 e. The summed E-state index contributed by atoms with van der Waals surface area (Å²) in [5.41, 5.74) is 1.14. The molecule has 3 N–H and O–H groups in total. The van der Waals surface area contributed by atoms with Crippen molar-refractivity contribution in [3.8, 4) is 0 Å². The summed E-state index contributed by atoms with van der Waals surface area (Å²) in [6.07, 6.45) is 3.95. The fourth-order valence-corrected chi connectivity index (χ4v) is 3.23. The highest BCUT2D eigenvalue weighted by atomic mass is 16.3. The summed E-state index contributed by atoms with van der Waals surface area (Å²) < 4.78 is 0. The zero-order valence-corrected chi connectivity index (χ0v) is 13.4. The van der Waals surface area contributed by atoms with Crippen LogP contribution in [-0.2, 0) is 0 Å². The number of carbonyl (C=O) groups excluding carboxylic acids is 2. The average molecular weight is 327 g/mol. The van der Waals surface area contributed by atoms with E-state index in [-0.39, 0.29) is 11.8 Å². The molecule has 5 nitrogen and oxygen atoms in total. The number of benzene rings is 2. The molecule has 1 fully saturated rings. The molecule has 5 heteroatoms. The number of aliphatic hydroxyl groups excluding tert-OH is 2. The predicted octanol–water partition coefficient (Wildman–Crippen LogP) is 2.40. The molecule has 126 valence electrons. The van der Waals surface area contributed by atoms with Crippen molar-refractivity contribution in [3.05, 3.63) is 47.5 Å². The smallest absolute Gasteiger partial charge is 0.258 e. The minimum absolute atomic E-state index is 0.315. The van der Waals surface area contributed by atoms with Crippen LogP contribution in [0.5, 0.6) is 0 Å². The largest absolute Gasteiger partial charge is 0.390 e. The van der Waals surface area contributed by atoms with Crippen LogP contribution in [0.4, 0.5) is 0 Å². The van der Waals surface area contributed by atoms with Crippen molar-refractivity contribution in [1.82, 2.24) is 5.32 Å². The van der Waals surface area contributed by atoms with E-state index in [0.717, 1.165) is 42.9 Å². The Morgan fingerprint density at radius 3 is 1.79 bits per heavy atom. The summed E-state index contributed by atoms with van der Waals surface area (Å²) >= 11 is 0. The van der Waals surface area contributed by atoms with Crippen molar-refractivity contribution in [2.24, 2.45) is 0 Å². The summed E-state index contributed by atoms with van der Waals surface area (Å²) in [4.78, 5) is 23.1. The Hall–Kier alpha value is -2.24. The molecular formula is C19H21NO4. The Morgan fingerprint density at radius 1 is 0.792 bits per heavy atom. The first kappa shape index (κ1) is 16.6. The lowest BCUT2D eigenvalue weighted by atomic mass is 9.95. The normalized spacial score (nSPS) is 23.1. The van der Waals surface area contributed by atoms with E-state index < -0.39 is 12.2 Å². The van der Waals surface area contributed by atoms with Crippen LogP contribution >= 0.6 is 0 Å². The number of amides is 2. The molecule has 0 radical (unpaired) electrons. The highest BCUT2D eigenvalue weighted by molar-refractivity contribution is 6.25. The summed E-state index contributed by atoms with van der Waals surface area (Å²) in [6, 6.07) is 10.9. The first-order chi connectivity index (χ1) is 11.6. The van der Waals surface area contributed by atoms with E-state index in [4.69, 9.17) is 10.2 Å². The van der Waals surface area contributed by atoms with Crippen LogP contribution in [0.15, 0.2) is 36.4 Å². The van der Waals surface area contributed by atoms with Crippen LogP contribution in [0.25, 0.3) is 10.8 Å². The fraction of sp³-hybridized carbons (Fsp3) is 0.368. The lowest BCUT2D eigenvalue weighted by molar-refractivity contribution is 0.0157. The van der Waals surface area contributed by atoms with Crippen molar-refractivity contribution in [3.63, 3.8) is 0 Å². The van der Waals surface area contributed by atoms with Gasteiger partial charge in [0.15, 0.2) is 0 Å². The van der Waals surface area contributed by atoms with Gasteiger partial charge in [-0.2, -0.15) is 0 Å². The summed E-state index contributed by atoms with van der Waals surface area (Å²) in [6.45, 7) is 0. The molecule has 24 heavy (non-hydrogen) atoms. The zero-order chi connectivity index (χ0) is 17.1. The highest BCUT2D eigenvalue weighted by Crippen LogP contribution is 2.25. The van der Waals surface area contributed by atoms with Crippen molar-refractivity contribution >= 4 is 22.6 Å². The molecule has 1 heterocycles. The number of hydrogen-bond donors (Lipinski definition) is 3. The van der Waals surface area contributed by atoms with Crippen LogP contribution in [0.3, 0.4) is 0 Å². The predicted molar refractivity (Wildman–Crippen MR) is 90.8 cm³/mol. The standard InChI is InChI=1S/C12H7NO2.C7H14O2/c14-11-8-5-1-3-7-4-2-6-9(10(7)8)12(15)13-11;8-6-4-2-1-3-5-7(6)9/h1-6H,(H,13,14,15);6-9H,1-5H2/t;6-,7+. The minimum atomic E-state index is -0.451. The monoisotopic (exact) mass is 327 g/mol. The van der Waals surface area contributed by atoms with E-state index >= 15 is 0 Å². The molecular weight excluding hydrogens is 306 g/mol. The van der Waals surface area contributed by atoms with Crippen molar-refractivity contribution < 1.29 is 19.8 Å². The van der Waals surface area contributed by atoms with Gasteiger partial charge in [-0.1, -0.05) is 43.5 Å². The quantitative estimate of drug-likeness (QED) is 0.512. The molecule has 0 aromatic heterocycles. The fourth-order valence-electron chi connectivity index (χ4n) is 3.23. The van der Waals surface area contributed by atoms with E-state index in [9.17, 15) is 9.59 Å².